The van der Waals surface area contributed by atoms with Gasteiger partial charge in [-0.15, -0.1) is 0 Å². The number of esters is 1. The Morgan fingerprint density at radius 3 is 2.58 bits per heavy atom. The molecule has 1 saturated heterocycles. The van der Waals surface area contributed by atoms with Crippen LogP contribution < -0.4 is 0 Å². The van der Waals surface area contributed by atoms with Crippen LogP contribution in [0.5, 0.6) is 0 Å². The van der Waals surface area contributed by atoms with Gasteiger partial charge in [0.1, 0.15) is 6.10 Å². The van der Waals surface area contributed by atoms with Crippen molar-refractivity contribution < 1.29 is 14.3 Å². The molecule has 0 aromatic heterocycles. The molecule has 3 heteroatoms. The number of epoxide rings is 1. The second-order valence-corrected chi connectivity index (χ2v) is 10.0. The van der Waals surface area contributed by atoms with E-state index in [0.29, 0.717) is 17.6 Å². The highest BCUT2D eigenvalue weighted by atomic mass is 16.6. The second-order valence-electron chi connectivity index (χ2n) is 10.0. The Kier molecular flexibility index (Phi) is 3.26. The molecule has 0 N–H and O–H groups in total. The van der Waals surface area contributed by atoms with Crippen molar-refractivity contribution in [3.05, 3.63) is 0 Å². The van der Waals surface area contributed by atoms with Crippen LogP contribution in [0.2, 0.25) is 0 Å². The molecule has 0 radical (unpaired) electrons. The van der Waals surface area contributed by atoms with E-state index < -0.39 is 0 Å². The number of ether oxygens (including phenoxy) is 2. The number of carbonyl (C=O) groups excluding carboxylic acids is 1. The maximum atomic E-state index is 11.5. The van der Waals surface area contributed by atoms with E-state index >= 15 is 0 Å². The van der Waals surface area contributed by atoms with Gasteiger partial charge in [-0.3, -0.25) is 4.79 Å². The Morgan fingerprint density at radius 2 is 1.79 bits per heavy atom. The van der Waals surface area contributed by atoms with Crippen molar-refractivity contribution in [2.45, 2.75) is 90.4 Å². The monoisotopic (exact) mass is 332 g/mol. The largest absolute Gasteiger partial charge is 0.462 e. The third-order valence-corrected chi connectivity index (χ3v) is 9.13. The lowest BCUT2D eigenvalue weighted by Crippen LogP contribution is -2.54. The van der Waals surface area contributed by atoms with Gasteiger partial charge >= 0.3 is 5.97 Å². The summed E-state index contributed by atoms with van der Waals surface area (Å²) >= 11 is 0. The van der Waals surface area contributed by atoms with Crippen molar-refractivity contribution >= 4 is 5.97 Å². The lowest BCUT2D eigenvalue weighted by Gasteiger charge is -2.59. The summed E-state index contributed by atoms with van der Waals surface area (Å²) in [5, 5.41) is 0. The maximum Gasteiger partial charge on any atom is 0.302 e. The van der Waals surface area contributed by atoms with E-state index in [9.17, 15) is 4.79 Å². The van der Waals surface area contributed by atoms with Gasteiger partial charge in [-0.2, -0.15) is 0 Å². The van der Waals surface area contributed by atoms with E-state index in [1.165, 1.54) is 44.9 Å². The van der Waals surface area contributed by atoms with Crippen molar-refractivity contribution in [2.24, 2.45) is 34.5 Å². The molecule has 4 saturated carbocycles. The SMILES string of the molecule is CC(=O)O[C@H]1CC[C@H]2[C@@H]3CC[C@H]4C[C@@H]5O[C@@H]5C[C@]4(C)[C@H]3CC[C@]12C. The first-order chi connectivity index (χ1) is 11.4. The average molecular weight is 332 g/mol. The van der Waals surface area contributed by atoms with Crippen LogP contribution in [0, 0.1) is 34.5 Å². The van der Waals surface area contributed by atoms with E-state index in [2.05, 4.69) is 13.8 Å². The number of fused-ring (bicyclic) bond motifs is 6. The van der Waals surface area contributed by atoms with Gasteiger partial charge in [0, 0.05) is 12.3 Å². The Balaban J connectivity index is 1.41. The normalized spacial score (nSPS) is 58.0. The smallest absolute Gasteiger partial charge is 0.302 e. The standard InChI is InChI=1S/C21H32O3/c1-12(22)23-19-7-6-15-14-5-4-13-10-17-18(24-17)11-21(13,3)16(14)8-9-20(15,19)2/h13-19H,4-11H2,1-3H3/t13-,14-,15-,16-,17-,18+,19-,20-,21-/m0/s1. The van der Waals surface area contributed by atoms with Gasteiger partial charge in [-0.25, -0.2) is 0 Å². The van der Waals surface area contributed by atoms with E-state index in [0.717, 1.165) is 30.1 Å². The molecule has 0 aromatic rings. The molecule has 0 unspecified atom stereocenters. The molecule has 5 rings (SSSR count). The van der Waals surface area contributed by atoms with Gasteiger partial charge < -0.3 is 9.47 Å². The van der Waals surface area contributed by atoms with Gasteiger partial charge in [-0.05, 0) is 80.5 Å². The average Bonchev–Trinajstić information content (AvgIpc) is 3.18. The van der Waals surface area contributed by atoms with Gasteiger partial charge in [0.2, 0.25) is 0 Å². The zero-order valence-corrected chi connectivity index (χ0v) is 15.4. The molecule has 3 nitrogen and oxygen atoms in total. The van der Waals surface area contributed by atoms with Gasteiger partial charge in [0.25, 0.3) is 0 Å². The van der Waals surface area contributed by atoms with E-state index in [1.807, 2.05) is 0 Å². The van der Waals surface area contributed by atoms with Crippen molar-refractivity contribution in [3.8, 4) is 0 Å². The first kappa shape index (κ1) is 15.7. The Hall–Kier alpha value is -0.570. The first-order valence-electron chi connectivity index (χ1n) is 10.2. The minimum absolute atomic E-state index is 0.0936. The molecule has 0 spiro atoms. The van der Waals surface area contributed by atoms with Crippen molar-refractivity contribution in [1.29, 1.82) is 0 Å². The maximum absolute atomic E-state index is 11.5. The molecule has 134 valence electrons. The summed E-state index contributed by atoms with van der Waals surface area (Å²) in [7, 11) is 0. The summed E-state index contributed by atoms with van der Waals surface area (Å²) < 4.78 is 11.7. The lowest BCUT2D eigenvalue weighted by molar-refractivity contribution is -0.160. The van der Waals surface area contributed by atoms with E-state index in [1.54, 1.807) is 6.92 Å². The van der Waals surface area contributed by atoms with Gasteiger partial charge in [-0.1, -0.05) is 13.8 Å². The molecular formula is C21H32O3. The summed E-state index contributed by atoms with van der Waals surface area (Å²) in [4.78, 5) is 11.5. The van der Waals surface area contributed by atoms with Crippen LogP contribution in [0.1, 0.15) is 72.1 Å². The van der Waals surface area contributed by atoms with Crippen molar-refractivity contribution in [2.75, 3.05) is 0 Å². The predicted octanol–water partition coefficient (Wildman–Crippen LogP) is 4.34. The molecule has 1 aliphatic heterocycles. The fraction of sp³-hybridized carbons (Fsp3) is 0.952. The summed E-state index contributed by atoms with van der Waals surface area (Å²) in [6, 6.07) is 0. The predicted molar refractivity (Wildman–Crippen MR) is 91.3 cm³/mol. The van der Waals surface area contributed by atoms with Crippen LogP contribution in [0.15, 0.2) is 0 Å². The van der Waals surface area contributed by atoms with Crippen LogP contribution in [-0.4, -0.2) is 24.3 Å². The van der Waals surface area contributed by atoms with Crippen molar-refractivity contribution in [1.82, 2.24) is 0 Å². The van der Waals surface area contributed by atoms with Crippen LogP contribution in [0.4, 0.5) is 0 Å². The zero-order valence-electron chi connectivity index (χ0n) is 15.4. The molecular weight excluding hydrogens is 300 g/mol. The molecule has 24 heavy (non-hydrogen) atoms. The molecule has 0 aromatic carbocycles. The molecule has 9 atom stereocenters. The fourth-order valence-corrected chi connectivity index (χ4v) is 7.87. The summed E-state index contributed by atoms with van der Waals surface area (Å²) in [5.74, 6) is 3.27. The lowest BCUT2D eigenvalue weighted by atomic mass is 9.45. The number of carbonyl (C=O) groups is 1. The minimum atomic E-state index is -0.0936. The Labute approximate surface area is 145 Å². The highest BCUT2D eigenvalue weighted by molar-refractivity contribution is 5.66. The Bertz CT molecular complexity index is 559. The van der Waals surface area contributed by atoms with Gasteiger partial charge in [0.15, 0.2) is 0 Å². The number of rotatable bonds is 1. The quantitative estimate of drug-likeness (QED) is 0.530. The van der Waals surface area contributed by atoms with E-state index in [-0.39, 0.29) is 17.5 Å². The van der Waals surface area contributed by atoms with E-state index in [4.69, 9.17) is 9.47 Å². The highest BCUT2D eigenvalue weighted by Gasteiger charge is 2.64. The topological polar surface area (TPSA) is 38.8 Å². The molecule has 1 heterocycles. The third kappa shape index (κ3) is 2.03. The highest BCUT2D eigenvalue weighted by Crippen LogP contribution is 2.68. The zero-order chi connectivity index (χ0) is 16.7. The number of hydrogen-bond acceptors (Lipinski definition) is 3. The first-order valence-corrected chi connectivity index (χ1v) is 10.2. The summed E-state index contributed by atoms with van der Waals surface area (Å²) in [5.41, 5.74) is 0.727. The molecule has 0 amide bonds. The molecule has 0 bridgehead atoms. The molecule has 4 aliphatic carbocycles. The summed E-state index contributed by atoms with van der Waals surface area (Å²) in [6.07, 6.45) is 11.7. The molecule has 5 fully saturated rings. The fourth-order valence-electron chi connectivity index (χ4n) is 7.87. The number of hydrogen-bond donors (Lipinski definition) is 0. The van der Waals surface area contributed by atoms with Crippen LogP contribution in [0.25, 0.3) is 0 Å². The minimum Gasteiger partial charge on any atom is -0.462 e. The van der Waals surface area contributed by atoms with Crippen LogP contribution >= 0.6 is 0 Å². The van der Waals surface area contributed by atoms with Crippen molar-refractivity contribution in [3.63, 3.8) is 0 Å². The third-order valence-electron chi connectivity index (χ3n) is 9.13. The van der Waals surface area contributed by atoms with Gasteiger partial charge in [0.05, 0.1) is 12.2 Å². The van der Waals surface area contributed by atoms with Crippen LogP contribution in [-0.2, 0) is 14.3 Å². The molecule has 5 aliphatic rings. The van der Waals surface area contributed by atoms with Crippen LogP contribution in [0.3, 0.4) is 0 Å². The second kappa shape index (κ2) is 4.99. The summed E-state index contributed by atoms with van der Waals surface area (Å²) in [6.45, 7) is 6.58. The Morgan fingerprint density at radius 1 is 1.00 bits per heavy atom.